The molecule has 23 heavy (non-hydrogen) atoms. The van der Waals surface area contributed by atoms with Crippen LogP contribution in [0.15, 0.2) is 0 Å². The van der Waals surface area contributed by atoms with Crippen molar-refractivity contribution in [3.05, 3.63) is 5.82 Å². The Morgan fingerprint density at radius 2 is 1.78 bits per heavy atom. The molecule has 2 N–H and O–H groups in total. The summed E-state index contributed by atoms with van der Waals surface area (Å²) in [5.41, 5.74) is 5.83. The fourth-order valence-electron chi connectivity index (χ4n) is 3.18. The third kappa shape index (κ3) is 3.70. The number of aromatic nitrogens is 3. The molecule has 2 aliphatic rings. The lowest BCUT2D eigenvalue weighted by molar-refractivity contribution is -0.0994. The van der Waals surface area contributed by atoms with Gasteiger partial charge in [0.05, 0.1) is 19.3 Å². The number of nitrogens with two attached hydrogens (primary N) is 1. The van der Waals surface area contributed by atoms with Crippen LogP contribution in [-0.2, 0) is 9.47 Å². The fraction of sp³-hybridized carbons (Fsp3) is 0.800. The van der Waals surface area contributed by atoms with Crippen LogP contribution in [-0.4, -0.2) is 66.5 Å². The van der Waals surface area contributed by atoms with Gasteiger partial charge in [-0.3, -0.25) is 4.90 Å². The number of likely N-dealkylation sites (tertiary alicyclic amines) is 1. The third-order valence-corrected chi connectivity index (χ3v) is 4.59. The molecule has 1 aromatic heterocycles. The molecular weight excluding hydrogens is 296 g/mol. The Bertz CT molecular complexity index is 527. The monoisotopic (exact) mass is 322 g/mol. The summed E-state index contributed by atoms with van der Waals surface area (Å²) in [7, 11) is 3.80. The Kier molecular flexibility index (Phi) is 4.93. The highest BCUT2D eigenvalue weighted by atomic mass is 16.7. The summed E-state index contributed by atoms with van der Waals surface area (Å²) in [5.74, 6) is 2.09. The molecule has 0 radical (unpaired) electrons. The van der Waals surface area contributed by atoms with Crippen molar-refractivity contribution in [1.82, 2.24) is 19.9 Å². The summed E-state index contributed by atoms with van der Waals surface area (Å²) in [6, 6.07) is 0.116. The summed E-state index contributed by atoms with van der Waals surface area (Å²) < 4.78 is 11.3. The van der Waals surface area contributed by atoms with Crippen molar-refractivity contribution in [3.8, 4) is 0 Å². The molecule has 2 saturated heterocycles. The molecule has 0 saturated carbocycles. The van der Waals surface area contributed by atoms with Gasteiger partial charge in [0, 0.05) is 20.0 Å². The van der Waals surface area contributed by atoms with E-state index >= 15 is 0 Å². The maximum Gasteiger partial charge on any atom is 0.229 e. The van der Waals surface area contributed by atoms with Gasteiger partial charge in [-0.2, -0.15) is 15.0 Å². The number of rotatable bonds is 4. The first-order valence-corrected chi connectivity index (χ1v) is 8.20. The van der Waals surface area contributed by atoms with Crippen LogP contribution >= 0.6 is 0 Å². The van der Waals surface area contributed by atoms with Crippen molar-refractivity contribution in [1.29, 1.82) is 0 Å². The zero-order valence-corrected chi connectivity index (χ0v) is 14.1. The molecule has 0 aromatic carbocycles. The minimum absolute atomic E-state index is 0.0133. The zero-order valence-electron chi connectivity index (χ0n) is 14.1. The van der Waals surface area contributed by atoms with Gasteiger partial charge in [0.1, 0.15) is 0 Å². The second-order valence-electron chi connectivity index (χ2n) is 6.41. The highest BCUT2D eigenvalue weighted by Gasteiger charge is 2.32. The van der Waals surface area contributed by atoms with Crippen molar-refractivity contribution in [2.45, 2.75) is 32.1 Å². The van der Waals surface area contributed by atoms with Crippen LogP contribution < -0.4 is 10.6 Å². The van der Waals surface area contributed by atoms with Crippen molar-refractivity contribution in [2.75, 3.05) is 51.0 Å². The quantitative estimate of drug-likeness (QED) is 0.865. The molecule has 0 amide bonds. The van der Waals surface area contributed by atoms with Crippen molar-refractivity contribution in [2.24, 2.45) is 5.92 Å². The molecule has 3 heterocycles. The van der Waals surface area contributed by atoms with Gasteiger partial charge in [0.25, 0.3) is 0 Å². The predicted molar refractivity (Wildman–Crippen MR) is 87.0 cm³/mol. The molecule has 1 aromatic rings. The second-order valence-corrected chi connectivity index (χ2v) is 6.41. The summed E-state index contributed by atoms with van der Waals surface area (Å²) in [4.78, 5) is 17.2. The second kappa shape index (κ2) is 6.94. The van der Waals surface area contributed by atoms with Crippen molar-refractivity contribution < 1.29 is 9.47 Å². The highest BCUT2D eigenvalue weighted by Crippen LogP contribution is 2.29. The highest BCUT2D eigenvalue weighted by molar-refractivity contribution is 5.33. The zero-order chi connectivity index (χ0) is 16.4. The van der Waals surface area contributed by atoms with E-state index < -0.39 is 0 Å². The number of piperidine rings is 1. The summed E-state index contributed by atoms with van der Waals surface area (Å²) in [6.07, 6.45) is 2.12. The predicted octanol–water partition coefficient (Wildman–Crippen LogP) is 0.666. The average molecular weight is 322 g/mol. The minimum Gasteiger partial charge on any atom is -0.368 e. The molecule has 1 atom stereocenters. The van der Waals surface area contributed by atoms with Crippen molar-refractivity contribution in [3.63, 3.8) is 0 Å². The van der Waals surface area contributed by atoms with Gasteiger partial charge in [-0.05, 0) is 32.9 Å². The van der Waals surface area contributed by atoms with E-state index in [0.717, 1.165) is 45.0 Å². The SMILES string of the molecule is CC(c1nc(N)nc(N(C)C)n1)N1CCC(C2OCCO2)CC1. The van der Waals surface area contributed by atoms with E-state index in [-0.39, 0.29) is 18.3 Å². The van der Waals surface area contributed by atoms with Gasteiger partial charge in [-0.1, -0.05) is 0 Å². The lowest BCUT2D eigenvalue weighted by Crippen LogP contribution is -2.40. The molecule has 2 aliphatic heterocycles. The first-order valence-electron chi connectivity index (χ1n) is 8.20. The van der Waals surface area contributed by atoms with E-state index in [1.807, 2.05) is 19.0 Å². The average Bonchev–Trinajstić information content (AvgIpc) is 3.08. The van der Waals surface area contributed by atoms with Crippen LogP contribution in [0.2, 0.25) is 0 Å². The van der Waals surface area contributed by atoms with Crippen LogP contribution in [0, 0.1) is 5.92 Å². The van der Waals surface area contributed by atoms with Gasteiger partial charge in [0.15, 0.2) is 12.1 Å². The van der Waals surface area contributed by atoms with Crippen LogP contribution in [0.25, 0.3) is 0 Å². The largest absolute Gasteiger partial charge is 0.368 e. The smallest absolute Gasteiger partial charge is 0.229 e. The molecule has 3 rings (SSSR count). The van der Waals surface area contributed by atoms with Crippen molar-refractivity contribution >= 4 is 11.9 Å². The summed E-state index contributed by atoms with van der Waals surface area (Å²) >= 11 is 0. The number of ether oxygens (including phenoxy) is 2. The summed E-state index contributed by atoms with van der Waals surface area (Å²) in [5, 5.41) is 0. The standard InChI is InChI=1S/C15H26N6O2/c1-10(12-17-14(16)19-15(18-12)20(2)3)21-6-4-11(5-7-21)13-22-8-9-23-13/h10-11,13H,4-9H2,1-3H3,(H2,16,17,18,19). The van der Waals surface area contributed by atoms with Gasteiger partial charge >= 0.3 is 0 Å². The Morgan fingerprint density at radius 1 is 1.13 bits per heavy atom. The number of hydrogen-bond acceptors (Lipinski definition) is 8. The number of hydrogen-bond donors (Lipinski definition) is 1. The number of nitrogen functional groups attached to an aromatic ring is 1. The molecule has 128 valence electrons. The molecule has 8 nitrogen and oxygen atoms in total. The van der Waals surface area contributed by atoms with Crippen LogP contribution in [0.4, 0.5) is 11.9 Å². The van der Waals surface area contributed by atoms with Gasteiger partial charge in [0.2, 0.25) is 11.9 Å². The van der Waals surface area contributed by atoms with Crippen LogP contribution in [0.5, 0.6) is 0 Å². The van der Waals surface area contributed by atoms with Gasteiger partial charge < -0.3 is 20.1 Å². The first kappa shape index (κ1) is 16.4. The molecule has 0 spiro atoms. The molecular formula is C15H26N6O2. The number of nitrogens with zero attached hydrogens (tertiary/aromatic N) is 5. The van der Waals surface area contributed by atoms with E-state index in [0.29, 0.717) is 11.9 Å². The Balaban J connectivity index is 1.63. The molecule has 0 bridgehead atoms. The van der Waals surface area contributed by atoms with Crippen LogP contribution in [0.3, 0.4) is 0 Å². The molecule has 0 aliphatic carbocycles. The summed E-state index contributed by atoms with van der Waals surface area (Å²) in [6.45, 7) is 5.53. The lowest BCUT2D eigenvalue weighted by Gasteiger charge is -2.36. The van der Waals surface area contributed by atoms with E-state index in [1.165, 1.54) is 0 Å². The van der Waals surface area contributed by atoms with E-state index in [4.69, 9.17) is 15.2 Å². The third-order valence-electron chi connectivity index (χ3n) is 4.59. The van der Waals surface area contributed by atoms with Gasteiger partial charge in [-0.15, -0.1) is 0 Å². The molecule has 1 unspecified atom stereocenters. The van der Waals surface area contributed by atoms with Crippen LogP contribution in [0.1, 0.15) is 31.6 Å². The fourth-order valence-corrected chi connectivity index (χ4v) is 3.18. The normalized spacial score (nSPS) is 22.4. The van der Waals surface area contributed by atoms with Gasteiger partial charge in [-0.25, -0.2) is 0 Å². The molecule has 8 heteroatoms. The first-order chi connectivity index (χ1) is 11.0. The maximum absolute atomic E-state index is 5.83. The van der Waals surface area contributed by atoms with E-state index in [1.54, 1.807) is 0 Å². The minimum atomic E-state index is -0.0133. The Morgan fingerprint density at radius 3 is 2.39 bits per heavy atom. The van der Waals surface area contributed by atoms with E-state index in [9.17, 15) is 0 Å². The topological polar surface area (TPSA) is 89.6 Å². The number of anilines is 2. The maximum atomic E-state index is 5.83. The van der Waals surface area contributed by atoms with E-state index in [2.05, 4.69) is 26.8 Å². The Labute approximate surface area is 137 Å². The molecule has 2 fully saturated rings. The Hall–Kier alpha value is -1.51. The lowest BCUT2D eigenvalue weighted by atomic mass is 9.95.